The molecular formula is C17H25NO. The fraction of sp³-hybridized carbons (Fsp3) is 0.647. The molecule has 3 rings (SSSR count). The Balaban J connectivity index is 1.49. The largest absolute Gasteiger partial charge is 0.380 e. The summed E-state index contributed by atoms with van der Waals surface area (Å²) in [7, 11) is 1.76. The molecule has 104 valence electrons. The van der Waals surface area contributed by atoms with Crippen LogP contribution in [0.1, 0.15) is 36.8 Å². The van der Waals surface area contributed by atoms with Crippen molar-refractivity contribution < 1.29 is 4.74 Å². The number of benzene rings is 1. The average Bonchev–Trinajstić information content (AvgIpc) is 3.03. The fourth-order valence-corrected chi connectivity index (χ4v) is 4.04. The van der Waals surface area contributed by atoms with Crippen LogP contribution in [0.15, 0.2) is 24.3 Å². The highest BCUT2D eigenvalue weighted by atomic mass is 16.5. The van der Waals surface area contributed by atoms with E-state index in [1.54, 1.807) is 7.11 Å². The predicted molar refractivity (Wildman–Crippen MR) is 77.8 cm³/mol. The van der Waals surface area contributed by atoms with Gasteiger partial charge in [-0.1, -0.05) is 30.7 Å². The molecule has 0 saturated heterocycles. The molecule has 0 spiro atoms. The minimum absolute atomic E-state index is 0.714. The van der Waals surface area contributed by atoms with E-state index in [1.165, 1.54) is 43.4 Å². The molecular weight excluding hydrogens is 234 g/mol. The SMILES string of the molecule is COCc1ccccc1CNCC1CC2CCC1C2. The van der Waals surface area contributed by atoms with Crippen molar-refractivity contribution in [3.05, 3.63) is 35.4 Å². The van der Waals surface area contributed by atoms with Crippen LogP contribution in [-0.2, 0) is 17.9 Å². The van der Waals surface area contributed by atoms with Crippen molar-refractivity contribution in [2.24, 2.45) is 17.8 Å². The molecule has 1 aromatic rings. The van der Waals surface area contributed by atoms with E-state index in [2.05, 4.69) is 29.6 Å². The Hall–Kier alpha value is -0.860. The normalized spacial score (nSPS) is 29.0. The number of nitrogens with one attached hydrogen (secondary N) is 1. The summed E-state index contributed by atoms with van der Waals surface area (Å²) in [5.41, 5.74) is 2.69. The number of hydrogen-bond acceptors (Lipinski definition) is 2. The number of methoxy groups -OCH3 is 1. The summed E-state index contributed by atoms with van der Waals surface area (Å²) >= 11 is 0. The van der Waals surface area contributed by atoms with Crippen molar-refractivity contribution in [1.82, 2.24) is 5.32 Å². The third-order valence-corrected chi connectivity index (χ3v) is 5.02. The molecule has 2 heteroatoms. The van der Waals surface area contributed by atoms with Gasteiger partial charge in [-0.25, -0.2) is 0 Å². The van der Waals surface area contributed by atoms with Crippen LogP contribution in [0.3, 0.4) is 0 Å². The quantitative estimate of drug-likeness (QED) is 0.846. The zero-order chi connectivity index (χ0) is 13.1. The highest BCUT2D eigenvalue weighted by molar-refractivity contribution is 5.26. The molecule has 2 saturated carbocycles. The van der Waals surface area contributed by atoms with Crippen LogP contribution in [0.4, 0.5) is 0 Å². The lowest BCUT2D eigenvalue weighted by Crippen LogP contribution is -2.26. The van der Waals surface area contributed by atoms with Crippen LogP contribution in [0.5, 0.6) is 0 Å². The molecule has 0 radical (unpaired) electrons. The van der Waals surface area contributed by atoms with Gasteiger partial charge in [-0.2, -0.15) is 0 Å². The number of ether oxygens (including phenoxy) is 1. The lowest BCUT2D eigenvalue weighted by atomic mass is 9.89. The summed E-state index contributed by atoms with van der Waals surface area (Å²) in [5.74, 6) is 3.01. The number of fused-ring (bicyclic) bond motifs is 2. The zero-order valence-electron chi connectivity index (χ0n) is 11.9. The van der Waals surface area contributed by atoms with E-state index in [4.69, 9.17) is 4.74 Å². The summed E-state index contributed by atoms with van der Waals surface area (Å²) in [6.45, 7) is 2.89. The third-order valence-electron chi connectivity index (χ3n) is 5.02. The first-order valence-corrected chi connectivity index (χ1v) is 7.63. The van der Waals surface area contributed by atoms with Gasteiger partial charge in [-0.05, 0) is 54.7 Å². The van der Waals surface area contributed by atoms with E-state index >= 15 is 0 Å². The monoisotopic (exact) mass is 259 g/mol. The molecule has 0 aromatic heterocycles. The van der Waals surface area contributed by atoms with Crippen LogP contribution in [-0.4, -0.2) is 13.7 Å². The summed E-state index contributed by atoms with van der Waals surface area (Å²) in [4.78, 5) is 0. The van der Waals surface area contributed by atoms with Crippen LogP contribution in [0.25, 0.3) is 0 Å². The van der Waals surface area contributed by atoms with Crippen LogP contribution >= 0.6 is 0 Å². The topological polar surface area (TPSA) is 21.3 Å². The average molecular weight is 259 g/mol. The minimum atomic E-state index is 0.714. The molecule has 1 aromatic carbocycles. The molecule has 2 aliphatic rings. The Morgan fingerprint density at radius 2 is 2.00 bits per heavy atom. The highest BCUT2D eigenvalue weighted by Crippen LogP contribution is 2.47. The number of rotatable bonds is 6. The summed E-state index contributed by atoms with van der Waals surface area (Å²) < 4.78 is 5.26. The van der Waals surface area contributed by atoms with Gasteiger partial charge in [-0.3, -0.25) is 0 Å². The van der Waals surface area contributed by atoms with Crippen molar-refractivity contribution in [1.29, 1.82) is 0 Å². The number of hydrogen-bond donors (Lipinski definition) is 1. The predicted octanol–water partition coefficient (Wildman–Crippen LogP) is 3.36. The van der Waals surface area contributed by atoms with Crippen molar-refractivity contribution in [2.45, 2.75) is 38.8 Å². The van der Waals surface area contributed by atoms with Crippen molar-refractivity contribution in [3.63, 3.8) is 0 Å². The standard InChI is InChI=1S/C17H25NO/c1-19-12-16-5-3-2-4-15(16)10-18-11-17-9-13-6-7-14(17)8-13/h2-5,13-14,17-18H,6-12H2,1H3. The first-order valence-electron chi connectivity index (χ1n) is 7.63. The Bertz CT molecular complexity index is 417. The van der Waals surface area contributed by atoms with E-state index in [0.717, 1.165) is 24.3 Å². The first-order chi connectivity index (χ1) is 9.36. The Morgan fingerprint density at radius 3 is 2.68 bits per heavy atom. The summed E-state index contributed by atoms with van der Waals surface area (Å²) in [6.07, 6.45) is 5.96. The van der Waals surface area contributed by atoms with Gasteiger partial charge >= 0.3 is 0 Å². The van der Waals surface area contributed by atoms with Crippen LogP contribution in [0, 0.1) is 17.8 Å². The minimum Gasteiger partial charge on any atom is -0.380 e. The van der Waals surface area contributed by atoms with Gasteiger partial charge in [0.2, 0.25) is 0 Å². The molecule has 2 fully saturated rings. The summed E-state index contributed by atoms with van der Waals surface area (Å²) in [5, 5.41) is 3.67. The maximum absolute atomic E-state index is 5.26. The molecule has 1 N–H and O–H groups in total. The van der Waals surface area contributed by atoms with Crippen molar-refractivity contribution in [3.8, 4) is 0 Å². The van der Waals surface area contributed by atoms with Gasteiger partial charge in [-0.15, -0.1) is 0 Å². The van der Waals surface area contributed by atoms with E-state index in [9.17, 15) is 0 Å². The van der Waals surface area contributed by atoms with Gasteiger partial charge in [0.15, 0.2) is 0 Å². The second-order valence-corrected chi connectivity index (χ2v) is 6.27. The second kappa shape index (κ2) is 6.06. The van der Waals surface area contributed by atoms with Crippen molar-refractivity contribution >= 4 is 0 Å². The lowest BCUT2D eigenvalue weighted by Gasteiger charge is -2.22. The molecule has 3 unspecified atom stereocenters. The molecule has 19 heavy (non-hydrogen) atoms. The van der Waals surface area contributed by atoms with Gasteiger partial charge in [0, 0.05) is 13.7 Å². The molecule has 0 heterocycles. The van der Waals surface area contributed by atoms with E-state index in [-0.39, 0.29) is 0 Å². The second-order valence-electron chi connectivity index (χ2n) is 6.27. The smallest absolute Gasteiger partial charge is 0.0716 e. The van der Waals surface area contributed by atoms with Crippen LogP contribution in [0.2, 0.25) is 0 Å². The van der Waals surface area contributed by atoms with E-state index in [0.29, 0.717) is 6.61 Å². The summed E-state index contributed by atoms with van der Waals surface area (Å²) in [6, 6.07) is 8.59. The van der Waals surface area contributed by atoms with Crippen LogP contribution < -0.4 is 5.32 Å². The zero-order valence-corrected chi connectivity index (χ0v) is 11.9. The van der Waals surface area contributed by atoms with Crippen molar-refractivity contribution in [2.75, 3.05) is 13.7 Å². The molecule has 2 nitrogen and oxygen atoms in total. The molecule has 2 bridgehead atoms. The molecule has 2 aliphatic carbocycles. The van der Waals surface area contributed by atoms with Gasteiger partial charge in [0.05, 0.1) is 6.61 Å². The van der Waals surface area contributed by atoms with Gasteiger partial charge in [0.1, 0.15) is 0 Å². The highest BCUT2D eigenvalue weighted by Gasteiger charge is 2.38. The fourth-order valence-electron chi connectivity index (χ4n) is 4.04. The molecule has 0 amide bonds. The Kier molecular flexibility index (Phi) is 4.19. The lowest BCUT2D eigenvalue weighted by molar-refractivity contribution is 0.184. The van der Waals surface area contributed by atoms with Gasteiger partial charge in [0.25, 0.3) is 0 Å². The van der Waals surface area contributed by atoms with E-state index in [1.807, 2.05) is 0 Å². The molecule has 3 atom stereocenters. The Morgan fingerprint density at radius 1 is 1.16 bits per heavy atom. The van der Waals surface area contributed by atoms with E-state index < -0.39 is 0 Å². The molecule has 0 aliphatic heterocycles. The maximum Gasteiger partial charge on any atom is 0.0716 e. The van der Waals surface area contributed by atoms with Gasteiger partial charge < -0.3 is 10.1 Å². The third kappa shape index (κ3) is 3.01. The first kappa shape index (κ1) is 13.1. The Labute approximate surface area is 116 Å². The maximum atomic E-state index is 5.26.